The van der Waals surface area contributed by atoms with Gasteiger partial charge >= 0.3 is 0 Å². The fourth-order valence-corrected chi connectivity index (χ4v) is 2.72. The molecule has 0 atom stereocenters. The van der Waals surface area contributed by atoms with Gasteiger partial charge in [-0.05, 0) is 42.6 Å². The van der Waals surface area contributed by atoms with Crippen molar-refractivity contribution in [1.82, 2.24) is 0 Å². The first kappa shape index (κ1) is 19.8. The fourth-order valence-electron chi connectivity index (χ4n) is 2.72. The SMILES string of the molecule is C/C=C\CCc1cc(C(C)(C)C)c(OCCC)c(C(C)(C)C)c1. The lowest BCUT2D eigenvalue weighted by molar-refractivity contribution is 0.299. The van der Waals surface area contributed by atoms with Gasteiger partial charge in [0.25, 0.3) is 0 Å². The molecule has 0 heterocycles. The molecule has 0 aliphatic carbocycles. The standard InChI is InChI=1S/C22H36O/c1-9-11-12-13-17-15-18(21(3,4)5)20(23-14-10-2)19(16-17)22(6,7)8/h9,11,15-16H,10,12-14H2,1-8H3/b11-9-. The van der Waals surface area contributed by atoms with Gasteiger partial charge in [0.05, 0.1) is 6.61 Å². The molecule has 0 N–H and O–H groups in total. The molecule has 23 heavy (non-hydrogen) atoms. The van der Waals surface area contributed by atoms with Gasteiger partial charge in [-0.1, -0.05) is 72.8 Å². The molecule has 0 radical (unpaired) electrons. The summed E-state index contributed by atoms with van der Waals surface area (Å²) in [5.41, 5.74) is 4.27. The molecule has 1 nitrogen and oxygen atoms in total. The van der Waals surface area contributed by atoms with Crippen molar-refractivity contribution < 1.29 is 4.74 Å². The van der Waals surface area contributed by atoms with Crippen LogP contribution in [0, 0.1) is 0 Å². The van der Waals surface area contributed by atoms with E-state index in [4.69, 9.17) is 4.74 Å². The zero-order valence-corrected chi connectivity index (χ0v) is 16.5. The van der Waals surface area contributed by atoms with Crippen molar-refractivity contribution in [3.8, 4) is 5.75 Å². The summed E-state index contributed by atoms with van der Waals surface area (Å²) in [5.74, 6) is 1.11. The largest absolute Gasteiger partial charge is 0.493 e. The number of ether oxygens (including phenoxy) is 1. The molecular weight excluding hydrogens is 280 g/mol. The predicted octanol–water partition coefficient (Wildman–Crippen LogP) is 6.58. The number of hydrogen-bond acceptors (Lipinski definition) is 1. The highest BCUT2D eigenvalue weighted by molar-refractivity contribution is 5.51. The lowest BCUT2D eigenvalue weighted by atomic mass is 9.78. The van der Waals surface area contributed by atoms with Gasteiger partial charge in [0.1, 0.15) is 5.75 Å². The maximum atomic E-state index is 6.24. The number of benzene rings is 1. The Morgan fingerprint density at radius 1 is 0.957 bits per heavy atom. The van der Waals surface area contributed by atoms with E-state index in [0.717, 1.165) is 31.6 Å². The van der Waals surface area contributed by atoms with Crippen LogP contribution in [-0.4, -0.2) is 6.61 Å². The van der Waals surface area contributed by atoms with Crippen molar-refractivity contribution in [1.29, 1.82) is 0 Å². The van der Waals surface area contributed by atoms with E-state index < -0.39 is 0 Å². The van der Waals surface area contributed by atoms with Crippen LogP contribution in [-0.2, 0) is 17.3 Å². The third-order valence-electron chi connectivity index (χ3n) is 4.05. The second-order valence-corrected chi connectivity index (χ2v) is 8.48. The minimum Gasteiger partial charge on any atom is -0.493 e. The predicted molar refractivity (Wildman–Crippen MR) is 103 cm³/mol. The molecule has 0 saturated heterocycles. The highest BCUT2D eigenvalue weighted by Crippen LogP contribution is 2.41. The Morgan fingerprint density at radius 3 is 1.87 bits per heavy atom. The Labute approximate surface area is 144 Å². The molecule has 0 amide bonds. The van der Waals surface area contributed by atoms with Gasteiger partial charge in [0.2, 0.25) is 0 Å². The van der Waals surface area contributed by atoms with Gasteiger partial charge in [0, 0.05) is 11.1 Å². The van der Waals surface area contributed by atoms with Crippen LogP contribution in [0.5, 0.6) is 5.75 Å². The Bertz CT molecular complexity index is 489. The smallest absolute Gasteiger partial charge is 0.126 e. The first-order valence-corrected chi connectivity index (χ1v) is 9.03. The zero-order valence-electron chi connectivity index (χ0n) is 16.5. The van der Waals surface area contributed by atoms with E-state index in [0.29, 0.717) is 0 Å². The third-order valence-corrected chi connectivity index (χ3v) is 4.05. The van der Waals surface area contributed by atoms with E-state index >= 15 is 0 Å². The second kappa shape index (κ2) is 8.04. The molecule has 1 aromatic carbocycles. The van der Waals surface area contributed by atoms with E-state index in [-0.39, 0.29) is 10.8 Å². The molecule has 0 aliphatic rings. The van der Waals surface area contributed by atoms with Gasteiger partial charge in [-0.3, -0.25) is 0 Å². The summed E-state index contributed by atoms with van der Waals surface area (Å²) in [6.07, 6.45) is 7.60. The Hall–Kier alpha value is -1.24. The van der Waals surface area contributed by atoms with E-state index in [1.165, 1.54) is 16.7 Å². The topological polar surface area (TPSA) is 9.23 Å². The average Bonchev–Trinajstić information content (AvgIpc) is 2.43. The van der Waals surface area contributed by atoms with Crippen LogP contribution in [0.15, 0.2) is 24.3 Å². The zero-order chi connectivity index (χ0) is 17.7. The lowest BCUT2D eigenvalue weighted by Gasteiger charge is -2.30. The van der Waals surface area contributed by atoms with Crippen LogP contribution in [0.1, 0.15) is 84.9 Å². The van der Waals surface area contributed by atoms with Gasteiger partial charge in [-0.15, -0.1) is 0 Å². The second-order valence-electron chi connectivity index (χ2n) is 8.48. The molecule has 0 unspecified atom stereocenters. The van der Waals surface area contributed by atoms with E-state index in [1.807, 2.05) is 0 Å². The number of allylic oxidation sites excluding steroid dienone is 2. The molecule has 1 heteroatoms. The Balaban J connectivity index is 3.45. The first-order chi connectivity index (χ1) is 10.6. The average molecular weight is 317 g/mol. The normalized spacial score (nSPS) is 12.9. The van der Waals surface area contributed by atoms with E-state index in [1.54, 1.807) is 0 Å². The van der Waals surface area contributed by atoms with Gasteiger partial charge in [-0.2, -0.15) is 0 Å². The summed E-state index contributed by atoms with van der Waals surface area (Å²) in [4.78, 5) is 0. The van der Waals surface area contributed by atoms with Crippen molar-refractivity contribution in [3.63, 3.8) is 0 Å². The van der Waals surface area contributed by atoms with Crippen molar-refractivity contribution >= 4 is 0 Å². The molecule has 0 saturated carbocycles. The quantitative estimate of drug-likeness (QED) is 0.539. The van der Waals surface area contributed by atoms with E-state index in [2.05, 4.69) is 79.7 Å². The van der Waals surface area contributed by atoms with Crippen LogP contribution in [0.25, 0.3) is 0 Å². The van der Waals surface area contributed by atoms with Crippen molar-refractivity contribution in [2.45, 2.75) is 85.5 Å². The summed E-state index contributed by atoms with van der Waals surface area (Å²) in [6, 6.07) is 4.73. The molecule has 0 bridgehead atoms. The molecular formula is C22H36O. The molecule has 0 aromatic heterocycles. The van der Waals surface area contributed by atoms with Gasteiger partial charge in [-0.25, -0.2) is 0 Å². The summed E-state index contributed by atoms with van der Waals surface area (Å²) in [6.45, 7) is 18.7. The molecule has 0 aliphatic heterocycles. The van der Waals surface area contributed by atoms with Gasteiger partial charge in [0.15, 0.2) is 0 Å². The summed E-state index contributed by atoms with van der Waals surface area (Å²) in [5, 5.41) is 0. The summed E-state index contributed by atoms with van der Waals surface area (Å²) in [7, 11) is 0. The number of aryl methyl sites for hydroxylation is 1. The summed E-state index contributed by atoms with van der Waals surface area (Å²) < 4.78 is 6.24. The van der Waals surface area contributed by atoms with Crippen LogP contribution in [0.4, 0.5) is 0 Å². The maximum absolute atomic E-state index is 6.24. The minimum absolute atomic E-state index is 0.0830. The minimum atomic E-state index is 0.0830. The third kappa shape index (κ3) is 5.71. The Morgan fingerprint density at radius 2 is 1.48 bits per heavy atom. The van der Waals surface area contributed by atoms with Crippen LogP contribution < -0.4 is 4.74 Å². The molecule has 0 spiro atoms. The molecule has 130 valence electrons. The van der Waals surface area contributed by atoms with Crippen LogP contribution in [0.2, 0.25) is 0 Å². The van der Waals surface area contributed by atoms with Crippen molar-refractivity contribution in [2.75, 3.05) is 6.61 Å². The number of hydrogen-bond donors (Lipinski definition) is 0. The highest BCUT2D eigenvalue weighted by atomic mass is 16.5. The Kier molecular flexibility index (Phi) is 6.92. The number of rotatable bonds is 6. The maximum Gasteiger partial charge on any atom is 0.126 e. The van der Waals surface area contributed by atoms with E-state index in [9.17, 15) is 0 Å². The molecule has 0 fully saturated rings. The lowest BCUT2D eigenvalue weighted by Crippen LogP contribution is -2.20. The van der Waals surface area contributed by atoms with Gasteiger partial charge < -0.3 is 4.74 Å². The molecule has 1 aromatic rings. The van der Waals surface area contributed by atoms with Crippen molar-refractivity contribution in [2.24, 2.45) is 0 Å². The van der Waals surface area contributed by atoms with Crippen LogP contribution >= 0.6 is 0 Å². The summed E-state index contributed by atoms with van der Waals surface area (Å²) >= 11 is 0. The van der Waals surface area contributed by atoms with Crippen LogP contribution in [0.3, 0.4) is 0 Å². The highest BCUT2D eigenvalue weighted by Gasteiger charge is 2.27. The monoisotopic (exact) mass is 316 g/mol. The fraction of sp³-hybridized carbons (Fsp3) is 0.636. The molecule has 1 rings (SSSR count). The van der Waals surface area contributed by atoms with Crippen molar-refractivity contribution in [3.05, 3.63) is 41.0 Å². The first-order valence-electron chi connectivity index (χ1n) is 9.03.